The normalized spacial score (nSPS) is 12.6. The van der Waals surface area contributed by atoms with Gasteiger partial charge in [0.15, 0.2) is 5.76 Å². The molecule has 0 aliphatic rings. The van der Waals surface area contributed by atoms with E-state index in [9.17, 15) is 14.4 Å². The van der Waals surface area contributed by atoms with Crippen LogP contribution < -0.4 is 5.32 Å². The van der Waals surface area contributed by atoms with Gasteiger partial charge in [-0.3, -0.25) is 4.79 Å². The second kappa shape index (κ2) is 6.23. The summed E-state index contributed by atoms with van der Waals surface area (Å²) in [6.45, 7) is 4.95. The highest BCUT2D eigenvalue weighted by Crippen LogP contribution is 2.09. The van der Waals surface area contributed by atoms with Crippen molar-refractivity contribution in [2.45, 2.75) is 38.8 Å². The third kappa shape index (κ3) is 5.13. The molecule has 110 valence electrons. The number of carboxylic acid groups (broad SMARTS) is 1. The first-order valence-corrected chi connectivity index (χ1v) is 5.98. The molecule has 0 radical (unpaired) electrons. The highest BCUT2D eigenvalue weighted by molar-refractivity contribution is 5.97. The summed E-state index contributed by atoms with van der Waals surface area (Å²) in [6, 6.07) is 1.57. The average Bonchev–Trinajstić information content (AvgIpc) is 2.78. The maximum absolute atomic E-state index is 11.7. The Morgan fingerprint density at radius 3 is 2.50 bits per heavy atom. The number of nitrogens with one attached hydrogen (secondary N) is 1. The Balaban J connectivity index is 2.64. The monoisotopic (exact) mass is 283 g/mol. The number of amides is 1. The Labute approximate surface area is 115 Å². The SMILES string of the molecule is CC(C)(C)OC(=O)NC(CC(=O)c1ccco1)C(=O)O. The van der Waals surface area contributed by atoms with Crippen LogP contribution in [0.3, 0.4) is 0 Å². The molecule has 1 unspecified atom stereocenters. The minimum Gasteiger partial charge on any atom is -0.480 e. The van der Waals surface area contributed by atoms with Crippen LogP contribution in [0.25, 0.3) is 0 Å². The molecule has 20 heavy (non-hydrogen) atoms. The molecular formula is C13H17NO6. The Bertz CT molecular complexity index is 485. The number of carboxylic acids is 1. The molecule has 1 rings (SSSR count). The van der Waals surface area contributed by atoms with Crippen LogP contribution in [0.1, 0.15) is 37.7 Å². The van der Waals surface area contributed by atoms with Crippen molar-refractivity contribution >= 4 is 17.8 Å². The van der Waals surface area contributed by atoms with Crippen molar-refractivity contribution in [3.63, 3.8) is 0 Å². The quantitative estimate of drug-likeness (QED) is 0.798. The van der Waals surface area contributed by atoms with Gasteiger partial charge < -0.3 is 19.6 Å². The number of aliphatic carboxylic acids is 1. The zero-order valence-corrected chi connectivity index (χ0v) is 11.5. The number of alkyl carbamates (subject to hydrolysis) is 1. The van der Waals surface area contributed by atoms with Crippen molar-refractivity contribution in [3.05, 3.63) is 24.2 Å². The molecule has 0 bridgehead atoms. The summed E-state index contributed by atoms with van der Waals surface area (Å²) in [5.41, 5.74) is -0.752. The van der Waals surface area contributed by atoms with Crippen LogP contribution in [0, 0.1) is 0 Å². The first-order valence-electron chi connectivity index (χ1n) is 5.98. The molecule has 1 aromatic rings. The molecule has 0 aliphatic carbocycles. The van der Waals surface area contributed by atoms with Crippen LogP contribution in [-0.4, -0.2) is 34.6 Å². The van der Waals surface area contributed by atoms with Gasteiger partial charge in [-0.1, -0.05) is 0 Å². The average molecular weight is 283 g/mol. The fourth-order valence-electron chi connectivity index (χ4n) is 1.37. The summed E-state index contributed by atoms with van der Waals surface area (Å²) >= 11 is 0. The van der Waals surface area contributed by atoms with E-state index in [1.165, 1.54) is 18.4 Å². The van der Waals surface area contributed by atoms with Gasteiger partial charge in [0.2, 0.25) is 5.78 Å². The summed E-state index contributed by atoms with van der Waals surface area (Å²) in [4.78, 5) is 34.3. The van der Waals surface area contributed by atoms with Gasteiger partial charge in [-0.2, -0.15) is 0 Å². The van der Waals surface area contributed by atoms with Crippen molar-refractivity contribution in [1.82, 2.24) is 5.32 Å². The molecular weight excluding hydrogens is 266 g/mol. The highest BCUT2D eigenvalue weighted by Gasteiger charge is 2.27. The van der Waals surface area contributed by atoms with E-state index < -0.39 is 35.9 Å². The zero-order valence-electron chi connectivity index (χ0n) is 11.5. The Hall–Kier alpha value is -2.31. The van der Waals surface area contributed by atoms with Crippen molar-refractivity contribution in [2.24, 2.45) is 0 Å². The topological polar surface area (TPSA) is 106 Å². The smallest absolute Gasteiger partial charge is 0.408 e. The molecule has 0 spiro atoms. The van der Waals surface area contributed by atoms with Crippen LogP contribution in [-0.2, 0) is 9.53 Å². The van der Waals surface area contributed by atoms with Gasteiger partial charge in [0.1, 0.15) is 11.6 Å². The maximum Gasteiger partial charge on any atom is 0.408 e. The minimum atomic E-state index is -1.37. The summed E-state index contributed by atoms with van der Waals surface area (Å²) in [7, 11) is 0. The van der Waals surface area contributed by atoms with Gasteiger partial charge in [-0.15, -0.1) is 0 Å². The molecule has 0 aromatic carbocycles. The van der Waals surface area contributed by atoms with E-state index >= 15 is 0 Å². The largest absolute Gasteiger partial charge is 0.480 e. The standard InChI is InChI=1S/C13H17NO6/c1-13(2,3)20-12(18)14-8(11(16)17)7-9(15)10-5-4-6-19-10/h4-6,8H,7H2,1-3H3,(H,14,18)(H,16,17). The molecule has 0 fully saturated rings. The fourth-order valence-corrected chi connectivity index (χ4v) is 1.37. The molecule has 1 amide bonds. The summed E-state index contributed by atoms with van der Waals surface area (Å²) < 4.78 is 9.82. The number of furan rings is 1. The lowest BCUT2D eigenvalue weighted by Gasteiger charge is -2.21. The number of ketones is 1. The van der Waals surface area contributed by atoms with Crippen LogP contribution in [0.2, 0.25) is 0 Å². The second-order valence-electron chi connectivity index (χ2n) is 5.14. The third-order valence-electron chi connectivity index (χ3n) is 2.17. The van der Waals surface area contributed by atoms with Crippen molar-refractivity contribution < 1.29 is 28.6 Å². The second-order valence-corrected chi connectivity index (χ2v) is 5.14. The molecule has 1 atom stereocenters. The lowest BCUT2D eigenvalue weighted by Crippen LogP contribution is -2.44. The Morgan fingerprint density at radius 2 is 2.05 bits per heavy atom. The van der Waals surface area contributed by atoms with Crippen molar-refractivity contribution in [2.75, 3.05) is 0 Å². The molecule has 0 aliphatic heterocycles. The predicted molar refractivity (Wildman–Crippen MR) is 68.4 cm³/mol. The molecule has 7 heteroatoms. The molecule has 7 nitrogen and oxygen atoms in total. The van der Waals surface area contributed by atoms with E-state index in [0.717, 1.165) is 0 Å². The van der Waals surface area contributed by atoms with Crippen LogP contribution in [0.5, 0.6) is 0 Å². The molecule has 1 aromatic heterocycles. The van der Waals surface area contributed by atoms with Crippen molar-refractivity contribution in [3.8, 4) is 0 Å². The lowest BCUT2D eigenvalue weighted by molar-refractivity contribution is -0.139. The van der Waals surface area contributed by atoms with E-state index in [1.54, 1.807) is 20.8 Å². The van der Waals surface area contributed by atoms with E-state index in [-0.39, 0.29) is 5.76 Å². The van der Waals surface area contributed by atoms with Crippen molar-refractivity contribution in [1.29, 1.82) is 0 Å². The van der Waals surface area contributed by atoms with E-state index in [0.29, 0.717) is 0 Å². The number of rotatable bonds is 5. The van der Waals surface area contributed by atoms with E-state index in [1.807, 2.05) is 0 Å². The number of hydrogen-bond acceptors (Lipinski definition) is 5. The van der Waals surface area contributed by atoms with Gasteiger partial charge in [0, 0.05) is 6.42 Å². The first kappa shape index (κ1) is 15.7. The van der Waals surface area contributed by atoms with Gasteiger partial charge in [0.25, 0.3) is 0 Å². The number of hydrogen-bond donors (Lipinski definition) is 2. The Kier molecular flexibility index (Phi) is 4.90. The van der Waals surface area contributed by atoms with Crippen LogP contribution >= 0.6 is 0 Å². The van der Waals surface area contributed by atoms with Gasteiger partial charge in [-0.25, -0.2) is 9.59 Å². The van der Waals surface area contributed by atoms with E-state index in [2.05, 4.69) is 5.32 Å². The molecule has 0 saturated carbocycles. The lowest BCUT2D eigenvalue weighted by atomic mass is 10.1. The van der Waals surface area contributed by atoms with Gasteiger partial charge >= 0.3 is 12.1 Å². The fraction of sp³-hybridized carbons (Fsp3) is 0.462. The van der Waals surface area contributed by atoms with E-state index in [4.69, 9.17) is 14.3 Å². The minimum absolute atomic E-state index is 0.0437. The number of carbonyl (C=O) groups excluding carboxylic acids is 2. The maximum atomic E-state index is 11.7. The number of Topliss-reactive ketones (excluding diaryl/α,β-unsaturated/α-hetero) is 1. The van der Waals surface area contributed by atoms with Gasteiger partial charge in [-0.05, 0) is 32.9 Å². The van der Waals surface area contributed by atoms with Gasteiger partial charge in [0.05, 0.1) is 6.26 Å². The highest BCUT2D eigenvalue weighted by atomic mass is 16.6. The zero-order chi connectivity index (χ0) is 15.3. The summed E-state index contributed by atoms with van der Waals surface area (Å²) in [5.74, 6) is -1.79. The summed E-state index contributed by atoms with van der Waals surface area (Å²) in [6.07, 6.45) is 0.00370. The number of ether oxygens (including phenoxy) is 1. The number of carbonyl (C=O) groups is 3. The van der Waals surface area contributed by atoms with Crippen LogP contribution in [0.4, 0.5) is 4.79 Å². The first-order chi connectivity index (χ1) is 9.19. The predicted octanol–water partition coefficient (Wildman–Crippen LogP) is 1.83. The molecule has 1 heterocycles. The molecule has 0 saturated heterocycles. The molecule has 2 N–H and O–H groups in total. The summed E-state index contributed by atoms with van der Waals surface area (Å²) in [5, 5.41) is 11.2. The Morgan fingerprint density at radius 1 is 1.40 bits per heavy atom. The van der Waals surface area contributed by atoms with Crippen LogP contribution in [0.15, 0.2) is 22.8 Å². The third-order valence-corrected chi connectivity index (χ3v) is 2.17.